The predicted octanol–water partition coefficient (Wildman–Crippen LogP) is 4.25. The van der Waals surface area contributed by atoms with Crippen LogP contribution in [0.1, 0.15) is 11.4 Å². The molecule has 2 heterocycles. The highest BCUT2D eigenvalue weighted by molar-refractivity contribution is 5.88. The maximum Gasteiger partial charge on any atom is 0.282 e. The van der Waals surface area contributed by atoms with Crippen molar-refractivity contribution in [2.24, 2.45) is 5.10 Å². The van der Waals surface area contributed by atoms with Gasteiger partial charge in [-0.2, -0.15) is 14.9 Å². The Kier molecular flexibility index (Phi) is 5.28. The van der Waals surface area contributed by atoms with Crippen molar-refractivity contribution in [2.45, 2.75) is 6.61 Å². The number of hydrogen-bond acceptors (Lipinski definition) is 5. The quantitative estimate of drug-likeness (QED) is 0.416. The van der Waals surface area contributed by atoms with Crippen molar-refractivity contribution in [3.63, 3.8) is 0 Å². The summed E-state index contributed by atoms with van der Waals surface area (Å²) in [5.41, 5.74) is 2.89. The van der Waals surface area contributed by atoms with Crippen LogP contribution in [0.5, 0.6) is 5.75 Å². The number of fused-ring (bicyclic) bond motifs is 1. The zero-order valence-electron chi connectivity index (χ0n) is 17.1. The van der Waals surface area contributed by atoms with Gasteiger partial charge in [0.1, 0.15) is 12.4 Å². The zero-order valence-corrected chi connectivity index (χ0v) is 17.1. The molecule has 1 N–H and O–H groups in total. The molecule has 0 atom stereocenters. The number of nitrogens with one attached hydrogen (secondary N) is 1. The topological polar surface area (TPSA) is 85.2 Å². The van der Waals surface area contributed by atoms with E-state index < -0.39 is 0 Å². The fourth-order valence-electron chi connectivity index (χ4n) is 3.40. The van der Waals surface area contributed by atoms with Crippen LogP contribution < -0.4 is 10.3 Å². The van der Waals surface area contributed by atoms with Crippen molar-refractivity contribution in [2.75, 3.05) is 0 Å². The first-order valence-corrected chi connectivity index (χ1v) is 10.1. The third kappa shape index (κ3) is 3.91. The summed E-state index contributed by atoms with van der Waals surface area (Å²) in [6, 6.07) is 26.4. The van der Waals surface area contributed by atoms with Crippen LogP contribution in [0.2, 0.25) is 0 Å². The normalized spacial score (nSPS) is 11.2. The van der Waals surface area contributed by atoms with Gasteiger partial charge in [-0.05, 0) is 24.3 Å². The van der Waals surface area contributed by atoms with Gasteiger partial charge in [0.25, 0.3) is 5.56 Å². The molecular formula is C25H19N5O2. The number of rotatable bonds is 6. The van der Waals surface area contributed by atoms with Crippen LogP contribution in [-0.4, -0.2) is 26.1 Å². The van der Waals surface area contributed by atoms with Gasteiger partial charge in [-0.15, -0.1) is 0 Å². The summed E-state index contributed by atoms with van der Waals surface area (Å²) < 4.78 is 7.14. The van der Waals surface area contributed by atoms with E-state index in [1.54, 1.807) is 24.5 Å². The number of nitrogens with zero attached hydrogens (tertiary/aromatic N) is 4. The molecule has 0 aliphatic rings. The second-order valence-electron chi connectivity index (χ2n) is 7.07. The van der Waals surface area contributed by atoms with Crippen molar-refractivity contribution in [3.05, 3.63) is 113 Å². The molecule has 0 aliphatic carbocycles. The smallest absolute Gasteiger partial charge is 0.282 e. The Balaban J connectivity index is 1.55. The average molecular weight is 421 g/mol. The average Bonchev–Trinajstić information content (AvgIpc) is 3.32. The fraction of sp³-hybridized carbons (Fsp3) is 0.0400. The van der Waals surface area contributed by atoms with Crippen molar-refractivity contribution in [1.29, 1.82) is 0 Å². The van der Waals surface area contributed by atoms with Crippen molar-refractivity contribution in [1.82, 2.24) is 19.9 Å². The highest BCUT2D eigenvalue weighted by Crippen LogP contribution is 2.19. The number of ether oxygens (including phenoxy) is 1. The zero-order chi connectivity index (χ0) is 21.8. The Morgan fingerprint density at radius 3 is 2.47 bits per heavy atom. The molecule has 3 aromatic carbocycles. The third-order valence-electron chi connectivity index (χ3n) is 4.98. The molecule has 2 aromatic heterocycles. The molecule has 0 aliphatic heterocycles. The molecule has 0 saturated carbocycles. The standard InChI is InChI=1S/C25H19N5O2/c31-25-21-13-7-8-14-22(21)28-23(17-32-20-11-5-2-6-12-20)30(25)27-16-19-15-26-29-24(19)18-9-3-1-4-10-18/h1-16H,17H2,(H,26,29)/b27-16+. The Morgan fingerprint density at radius 1 is 0.938 bits per heavy atom. The second-order valence-corrected chi connectivity index (χ2v) is 7.07. The van der Waals surface area contributed by atoms with Gasteiger partial charge < -0.3 is 4.74 Å². The van der Waals surface area contributed by atoms with Gasteiger partial charge in [0.2, 0.25) is 0 Å². The Morgan fingerprint density at radius 2 is 1.66 bits per heavy atom. The minimum atomic E-state index is -0.261. The molecule has 5 rings (SSSR count). The maximum absolute atomic E-state index is 13.2. The molecule has 7 nitrogen and oxygen atoms in total. The van der Waals surface area contributed by atoms with Crippen LogP contribution in [0.4, 0.5) is 0 Å². The van der Waals surface area contributed by atoms with Crippen LogP contribution in [0.3, 0.4) is 0 Å². The van der Waals surface area contributed by atoms with Crippen LogP contribution in [0.15, 0.2) is 101 Å². The minimum absolute atomic E-state index is 0.0956. The largest absolute Gasteiger partial charge is 0.486 e. The molecular weight excluding hydrogens is 402 g/mol. The first-order valence-electron chi connectivity index (χ1n) is 10.1. The summed E-state index contributed by atoms with van der Waals surface area (Å²) in [5, 5.41) is 12.1. The van der Waals surface area contributed by atoms with Crippen LogP contribution in [0.25, 0.3) is 22.2 Å². The Bertz CT molecular complexity index is 1440. The summed E-state index contributed by atoms with van der Waals surface area (Å²) in [5.74, 6) is 1.09. The molecule has 0 unspecified atom stereocenters. The molecule has 7 heteroatoms. The van der Waals surface area contributed by atoms with Gasteiger partial charge in [-0.25, -0.2) is 4.98 Å². The minimum Gasteiger partial charge on any atom is -0.486 e. The van der Waals surface area contributed by atoms with Crippen LogP contribution in [-0.2, 0) is 6.61 Å². The van der Waals surface area contributed by atoms with E-state index in [0.29, 0.717) is 22.5 Å². The van der Waals surface area contributed by atoms with Gasteiger partial charge in [-0.1, -0.05) is 60.7 Å². The van der Waals surface area contributed by atoms with Crippen molar-refractivity contribution in [3.8, 4) is 17.0 Å². The lowest BCUT2D eigenvalue weighted by Crippen LogP contribution is -2.23. The van der Waals surface area contributed by atoms with Crippen molar-refractivity contribution < 1.29 is 4.74 Å². The summed E-state index contributed by atoms with van der Waals surface area (Å²) in [6.45, 7) is 0.0956. The Labute approximate surface area is 183 Å². The highest BCUT2D eigenvalue weighted by Gasteiger charge is 2.12. The number of para-hydroxylation sites is 2. The van der Waals surface area contributed by atoms with Gasteiger partial charge >= 0.3 is 0 Å². The fourth-order valence-corrected chi connectivity index (χ4v) is 3.40. The monoisotopic (exact) mass is 421 g/mol. The molecule has 0 radical (unpaired) electrons. The predicted molar refractivity (Wildman–Crippen MR) is 124 cm³/mol. The van der Waals surface area contributed by atoms with E-state index >= 15 is 0 Å². The lowest BCUT2D eigenvalue weighted by Gasteiger charge is -2.10. The molecule has 0 spiro atoms. The second kappa shape index (κ2) is 8.69. The summed E-state index contributed by atoms with van der Waals surface area (Å²) in [7, 11) is 0. The first kappa shape index (κ1) is 19.4. The lowest BCUT2D eigenvalue weighted by atomic mass is 10.1. The molecule has 0 amide bonds. The SMILES string of the molecule is O=c1c2ccccc2nc(COc2ccccc2)n1/N=C/c1cn[nH]c1-c1ccccc1. The first-order chi connectivity index (χ1) is 15.8. The summed E-state index contributed by atoms with van der Waals surface area (Å²) in [4.78, 5) is 17.8. The maximum atomic E-state index is 13.2. The van der Waals surface area contributed by atoms with E-state index in [9.17, 15) is 4.79 Å². The van der Waals surface area contributed by atoms with Gasteiger partial charge in [0.05, 0.1) is 29.0 Å². The van der Waals surface area contributed by atoms with E-state index in [-0.39, 0.29) is 12.2 Å². The number of aromatic amines is 1. The summed E-state index contributed by atoms with van der Waals surface area (Å²) >= 11 is 0. The molecule has 32 heavy (non-hydrogen) atoms. The van der Waals surface area contributed by atoms with E-state index in [1.807, 2.05) is 72.8 Å². The molecule has 0 fully saturated rings. The molecule has 0 bridgehead atoms. The van der Waals surface area contributed by atoms with E-state index in [2.05, 4.69) is 20.3 Å². The number of aromatic nitrogens is 4. The Hall–Kier alpha value is -4.52. The van der Waals surface area contributed by atoms with Crippen LogP contribution in [0, 0.1) is 0 Å². The number of hydrogen-bond donors (Lipinski definition) is 1. The van der Waals surface area contributed by atoms with Gasteiger partial charge in [0, 0.05) is 11.1 Å². The van der Waals surface area contributed by atoms with Crippen molar-refractivity contribution >= 4 is 17.1 Å². The van der Waals surface area contributed by atoms with Gasteiger partial charge in [0.15, 0.2) is 5.82 Å². The molecule has 0 saturated heterocycles. The molecule has 156 valence electrons. The molecule has 5 aromatic rings. The van der Waals surface area contributed by atoms with E-state index in [1.165, 1.54) is 4.68 Å². The number of benzene rings is 3. The van der Waals surface area contributed by atoms with Gasteiger partial charge in [-0.3, -0.25) is 9.89 Å². The highest BCUT2D eigenvalue weighted by atomic mass is 16.5. The van der Waals surface area contributed by atoms with E-state index in [0.717, 1.165) is 16.8 Å². The number of H-pyrrole nitrogens is 1. The summed E-state index contributed by atoms with van der Waals surface area (Å²) in [6.07, 6.45) is 3.28. The lowest BCUT2D eigenvalue weighted by molar-refractivity contribution is 0.289. The third-order valence-corrected chi connectivity index (χ3v) is 4.98. The van der Waals surface area contributed by atoms with Crippen LogP contribution >= 0.6 is 0 Å². The van der Waals surface area contributed by atoms with E-state index in [4.69, 9.17) is 4.74 Å².